The van der Waals surface area contributed by atoms with Crippen molar-refractivity contribution in [3.8, 4) is 0 Å². The lowest BCUT2D eigenvalue weighted by Gasteiger charge is -2.35. The topological polar surface area (TPSA) is 61.8 Å². The van der Waals surface area contributed by atoms with Gasteiger partial charge in [-0.1, -0.05) is 17.2 Å². The molecule has 0 saturated carbocycles. The molecule has 12 heteroatoms. The highest BCUT2D eigenvalue weighted by Crippen LogP contribution is 2.47. The largest absolute Gasteiger partial charge is 0.466 e. The average molecular weight is 494 g/mol. The highest BCUT2D eigenvalue weighted by Gasteiger charge is 2.77. The molecule has 1 atom stereocenters. The molecule has 5 nitrogen and oxygen atoms in total. The highest BCUT2D eigenvalue weighted by molar-refractivity contribution is 5.82. The van der Waals surface area contributed by atoms with E-state index in [0.717, 1.165) is 12.7 Å². The highest BCUT2D eigenvalue weighted by atomic mass is 19.4. The Labute approximate surface area is 187 Å². The molecule has 0 N–H and O–H groups in total. The number of esters is 2. The lowest BCUT2D eigenvalue weighted by atomic mass is 9.94. The maximum Gasteiger partial charge on any atom is 0.460 e. The van der Waals surface area contributed by atoms with Crippen LogP contribution in [0.25, 0.3) is 0 Å². The van der Waals surface area contributed by atoms with E-state index in [2.05, 4.69) is 9.47 Å². The second-order valence-electron chi connectivity index (χ2n) is 7.99. The number of carbonyl (C=O) groups is 2. The van der Waals surface area contributed by atoms with Gasteiger partial charge in [-0.2, -0.15) is 30.7 Å². The zero-order valence-corrected chi connectivity index (χ0v) is 19.2. The van der Waals surface area contributed by atoms with E-state index >= 15 is 0 Å². The zero-order chi connectivity index (χ0) is 26.3. The van der Waals surface area contributed by atoms with Gasteiger partial charge in [-0.15, -0.1) is 0 Å². The minimum Gasteiger partial charge on any atom is -0.466 e. The van der Waals surface area contributed by atoms with Crippen molar-refractivity contribution < 1.29 is 54.5 Å². The number of methoxy groups -OCH3 is 2. The molecule has 0 rings (SSSR count). The van der Waals surface area contributed by atoms with E-state index in [1.807, 2.05) is 0 Å². The predicted octanol–water partition coefficient (Wildman–Crippen LogP) is 5.78. The molecular weight excluding hydrogens is 465 g/mol. The van der Waals surface area contributed by atoms with E-state index in [9.17, 15) is 40.3 Å². The molecule has 192 valence electrons. The molecule has 0 aromatic rings. The monoisotopic (exact) mass is 494 g/mol. The van der Waals surface area contributed by atoms with Gasteiger partial charge in [0.25, 0.3) is 0 Å². The minimum absolute atomic E-state index is 0.145. The molecule has 0 saturated heterocycles. The van der Waals surface area contributed by atoms with Gasteiger partial charge in [0, 0.05) is 13.2 Å². The normalized spacial score (nSPS) is 15.3. The molecule has 0 bridgehead atoms. The van der Waals surface area contributed by atoms with E-state index < -0.39 is 41.7 Å². The second-order valence-corrected chi connectivity index (χ2v) is 7.99. The molecule has 0 heterocycles. The molecule has 0 fully saturated rings. The third kappa shape index (κ3) is 8.63. The summed E-state index contributed by atoms with van der Waals surface area (Å²) in [4.78, 5) is 22.8. The Morgan fingerprint density at radius 1 is 0.909 bits per heavy atom. The van der Waals surface area contributed by atoms with Crippen molar-refractivity contribution in [2.45, 2.75) is 83.1 Å². The number of alkyl halides is 7. The van der Waals surface area contributed by atoms with Crippen LogP contribution in [0.2, 0.25) is 0 Å². The second kappa shape index (κ2) is 11.8. The van der Waals surface area contributed by atoms with Crippen LogP contribution in [-0.2, 0) is 23.8 Å². The SMILES string of the molecule is COC(=O)/C=C(\C)CC/C=C(\C)CCC(OC(=O)C(F)(F)C(F)(F)C(F)(F)F)C(C)(C)OC. The van der Waals surface area contributed by atoms with Crippen molar-refractivity contribution >= 4 is 11.9 Å². The third-order valence-electron chi connectivity index (χ3n) is 4.96. The maximum atomic E-state index is 13.7. The average Bonchev–Trinajstić information content (AvgIpc) is 2.69. The van der Waals surface area contributed by atoms with Gasteiger partial charge in [0.2, 0.25) is 0 Å². The summed E-state index contributed by atoms with van der Waals surface area (Å²) < 4.78 is 105. The molecular formula is C21H29F7O5. The Bertz CT molecular complexity index is 740. The molecule has 0 aromatic carbocycles. The van der Waals surface area contributed by atoms with E-state index in [1.54, 1.807) is 19.9 Å². The number of allylic oxidation sites excluding steroid dienone is 3. The minimum atomic E-state index is -6.65. The Morgan fingerprint density at radius 2 is 1.45 bits per heavy atom. The number of rotatable bonds is 12. The summed E-state index contributed by atoms with van der Waals surface area (Å²) in [5.41, 5.74) is -0.00779. The van der Waals surface area contributed by atoms with E-state index in [-0.39, 0.29) is 12.8 Å². The maximum absolute atomic E-state index is 13.7. The van der Waals surface area contributed by atoms with E-state index in [4.69, 9.17) is 4.74 Å². The summed E-state index contributed by atoms with van der Waals surface area (Å²) in [5.74, 6) is -16.2. The van der Waals surface area contributed by atoms with Gasteiger partial charge in [0.15, 0.2) is 0 Å². The summed E-state index contributed by atoms with van der Waals surface area (Å²) in [6, 6.07) is 0. The smallest absolute Gasteiger partial charge is 0.460 e. The molecule has 0 aliphatic heterocycles. The van der Waals surface area contributed by atoms with Crippen molar-refractivity contribution in [3.05, 3.63) is 23.3 Å². The molecule has 0 spiro atoms. The zero-order valence-electron chi connectivity index (χ0n) is 19.2. The fraction of sp³-hybridized carbons (Fsp3) is 0.714. The lowest BCUT2D eigenvalue weighted by Crippen LogP contribution is -2.58. The van der Waals surface area contributed by atoms with Crippen LogP contribution in [0.15, 0.2) is 23.3 Å². The molecule has 0 amide bonds. The number of hydrogen-bond acceptors (Lipinski definition) is 5. The predicted molar refractivity (Wildman–Crippen MR) is 105 cm³/mol. The number of halogens is 7. The summed E-state index contributed by atoms with van der Waals surface area (Å²) in [6.07, 6.45) is -4.15. The molecule has 0 aromatic heterocycles. The van der Waals surface area contributed by atoms with Gasteiger partial charge >= 0.3 is 30.0 Å². The summed E-state index contributed by atoms with van der Waals surface area (Å²) in [7, 11) is 2.38. The standard InChI is InChI=1S/C21H29F7O5/c1-13(8-7-9-14(2)12-16(29)31-5)10-11-15(18(3,4)32-6)33-17(30)19(22,23)20(24,25)21(26,27)28/h8,12,15H,7,9-11H2,1-6H3/b13-8+,14-12+. The van der Waals surface area contributed by atoms with Crippen LogP contribution in [-0.4, -0.2) is 55.9 Å². The fourth-order valence-electron chi connectivity index (χ4n) is 2.53. The first-order valence-corrected chi connectivity index (χ1v) is 9.82. The van der Waals surface area contributed by atoms with Crippen molar-refractivity contribution in [2.75, 3.05) is 14.2 Å². The number of hydrogen-bond donors (Lipinski definition) is 0. The molecule has 0 aliphatic carbocycles. The van der Waals surface area contributed by atoms with E-state index in [0.29, 0.717) is 18.4 Å². The van der Waals surface area contributed by atoms with Crippen LogP contribution in [0, 0.1) is 0 Å². The Balaban J connectivity index is 5.34. The van der Waals surface area contributed by atoms with Gasteiger partial charge in [0.1, 0.15) is 6.10 Å². The van der Waals surface area contributed by atoms with Gasteiger partial charge < -0.3 is 14.2 Å². The van der Waals surface area contributed by atoms with Crippen LogP contribution in [0.4, 0.5) is 30.7 Å². The van der Waals surface area contributed by atoms with Crippen LogP contribution in [0.1, 0.15) is 53.4 Å². The lowest BCUT2D eigenvalue weighted by molar-refractivity contribution is -0.349. The Kier molecular flexibility index (Phi) is 11.1. The van der Waals surface area contributed by atoms with Gasteiger partial charge in [-0.3, -0.25) is 0 Å². The van der Waals surface area contributed by atoms with Crippen LogP contribution in [0.3, 0.4) is 0 Å². The third-order valence-corrected chi connectivity index (χ3v) is 4.96. The number of carbonyl (C=O) groups excluding carboxylic acids is 2. The van der Waals surface area contributed by atoms with Gasteiger partial charge in [-0.05, 0) is 53.4 Å². The first-order chi connectivity index (χ1) is 14.8. The first kappa shape index (κ1) is 30.9. The van der Waals surface area contributed by atoms with Crippen molar-refractivity contribution in [3.63, 3.8) is 0 Å². The molecule has 33 heavy (non-hydrogen) atoms. The quantitative estimate of drug-likeness (QED) is 0.149. The van der Waals surface area contributed by atoms with E-state index in [1.165, 1.54) is 27.0 Å². The van der Waals surface area contributed by atoms with Crippen LogP contribution < -0.4 is 0 Å². The van der Waals surface area contributed by atoms with Crippen molar-refractivity contribution in [2.24, 2.45) is 0 Å². The van der Waals surface area contributed by atoms with Crippen molar-refractivity contribution in [1.29, 1.82) is 0 Å². The van der Waals surface area contributed by atoms with Crippen LogP contribution in [0.5, 0.6) is 0 Å². The molecule has 0 radical (unpaired) electrons. The fourth-order valence-corrected chi connectivity index (χ4v) is 2.53. The molecule has 1 unspecified atom stereocenters. The summed E-state index contributed by atoms with van der Waals surface area (Å²) in [5, 5.41) is 0. The Hall–Kier alpha value is -2.11. The number of ether oxygens (including phenoxy) is 3. The summed E-state index contributed by atoms with van der Waals surface area (Å²) >= 11 is 0. The van der Waals surface area contributed by atoms with Crippen LogP contribution >= 0.6 is 0 Å². The van der Waals surface area contributed by atoms with Gasteiger partial charge in [0.05, 0.1) is 12.7 Å². The first-order valence-electron chi connectivity index (χ1n) is 9.82. The Morgan fingerprint density at radius 3 is 1.91 bits per heavy atom. The van der Waals surface area contributed by atoms with Gasteiger partial charge in [-0.25, -0.2) is 9.59 Å². The summed E-state index contributed by atoms with van der Waals surface area (Å²) in [6.45, 7) is 6.01. The van der Waals surface area contributed by atoms with Crippen molar-refractivity contribution in [1.82, 2.24) is 0 Å². The molecule has 0 aliphatic rings.